The van der Waals surface area contributed by atoms with Crippen LogP contribution in [0.3, 0.4) is 0 Å². The summed E-state index contributed by atoms with van der Waals surface area (Å²) in [6.07, 6.45) is 31.7. The summed E-state index contributed by atoms with van der Waals surface area (Å²) >= 11 is 0. The van der Waals surface area contributed by atoms with E-state index in [9.17, 15) is 15.0 Å². The molecule has 0 aromatic heterocycles. The zero-order valence-corrected chi connectivity index (χ0v) is 31.9. The molecule has 3 heteroatoms. The van der Waals surface area contributed by atoms with Crippen molar-refractivity contribution in [2.24, 2.45) is 0 Å². The number of phenols is 1. The van der Waals surface area contributed by atoms with E-state index in [0.717, 1.165) is 55.2 Å². The number of hydrogen-bond donors (Lipinski definition) is 2. The van der Waals surface area contributed by atoms with E-state index < -0.39 is 5.97 Å². The first-order valence-electron chi connectivity index (χ1n) is 20.1. The summed E-state index contributed by atoms with van der Waals surface area (Å²) in [5.74, 6) is -0.287. The first kappa shape index (κ1) is 42.5. The third-order valence-electron chi connectivity index (χ3n) is 10.7. The molecule has 0 aliphatic rings. The molecule has 1 rings (SSSR count). The molecule has 0 aliphatic carbocycles. The van der Waals surface area contributed by atoms with Crippen LogP contribution in [0.1, 0.15) is 238 Å². The second-order valence-corrected chi connectivity index (χ2v) is 16.0. The Labute approximate surface area is 287 Å². The molecule has 0 heterocycles. The maximum atomic E-state index is 12.1. The number of carboxylic acid groups (broad SMARTS) is 1. The van der Waals surface area contributed by atoms with Crippen LogP contribution in [-0.2, 0) is 15.6 Å². The topological polar surface area (TPSA) is 57.5 Å². The fourth-order valence-electron chi connectivity index (χ4n) is 7.36. The fraction of sp³-hybridized carbons (Fsp3) is 0.837. The smallest absolute Gasteiger partial charge is 0.303 e. The Hall–Kier alpha value is -1.51. The van der Waals surface area contributed by atoms with Gasteiger partial charge in [0.05, 0.1) is 6.42 Å². The van der Waals surface area contributed by atoms with Crippen LogP contribution in [0.5, 0.6) is 5.75 Å². The average Bonchev–Trinajstić information content (AvgIpc) is 3.00. The normalized spacial score (nSPS) is 12.9. The number of benzene rings is 1. The second-order valence-electron chi connectivity index (χ2n) is 16.0. The molecule has 2 N–H and O–H groups in total. The van der Waals surface area contributed by atoms with Crippen LogP contribution in [0.4, 0.5) is 0 Å². The summed E-state index contributed by atoms with van der Waals surface area (Å²) in [7, 11) is 0. The quantitative estimate of drug-likeness (QED) is 0.0821. The Balaban J connectivity index is 2.79. The molecule has 0 saturated carbocycles. The molecule has 0 spiro atoms. The first-order chi connectivity index (χ1) is 22.0. The number of hydrogen-bond acceptors (Lipinski definition) is 2. The van der Waals surface area contributed by atoms with Gasteiger partial charge >= 0.3 is 5.97 Å². The number of aliphatic carboxylic acids is 1. The SMILES string of the molecule is CCCCCCCCCCCCCCCCCCC(CC(=O)O)c1cc(C(C)(C)CCCCC)c(O)c(C(C)(C)CCCCC)c1. The van der Waals surface area contributed by atoms with E-state index >= 15 is 0 Å². The van der Waals surface area contributed by atoms with Crippen LogP contribution in [0.2, 0.25) is 0 Å². The van der Waals surface area contributed by atoms with Crippen molar-refractivity contribution in [3.05, 3.63) is 28.8 Å². The second kappa shape index (κ2) is 24.6. The van der Waals surface area contributed by atoms with Gasteiger partial charge in [-0.05, 0) is 41.6 Å². The molecule has 1 atom stereocenters. The lowest BCUT2D eigenvalue weighted by atomic mass is 9.72. The van der Waals surface area contributed by atoms with E-state index in [4.69, 9.17) is 0 Å². The van der Waals surface area contributed by atoms with Gasteiger partial charge in [-0.2, -0.15) is 0 Å². The molecule has 0 radical (unpaired) electrons. The van der Waals surface area contributed by atoms with E-state index in [1.807, 2.05) is 0 Å². The van der Waals surface area contributed by atoms with Gasteiger partial charge in [-0.1, -0.05) is 202 Å². The minimum Gasteiger partial charge on any atom is -0.507 e. The maximum absolute atomic E-state index is 12.1. The van der Waals surface area contributed by atoms with E-state index in [0.29, 0.717) is 5.75 Å². The van der Waals surface area contributed by atoms with Gasteiger partial charge in [0.25, 0.3) is 0 Å². The van der Waals surface area contributed by atoms with Crippen molar-refractivity contribution in [1.82, 2.24) is 0 Å². The predicted octanol–water partition coefficient (Wildman–Crippen LogP) is 14.3. The molecule has 0 fully saturated rings. The molecule has 0 amide bonds. The summed E-state index contributed by atoms with van der Waals surface area (Å²) in [6.45, 7) is 15.8. The van der Waals surface area contributed by atoms with Crippen LogP contribution in [0.25, 0.3) is 0 Å². The number of aromatic hydroxyl groups is 1. The summed E-state index contributed by atoms with van der Waals surface area (Å²) in [4.78, 5) is 12.1. The zero-order valence-electron chi connectivity index (χ0n) is 31.9. The van der Waals surface area contributed by atoms with Crippen molar-refractivity contribution in [3.63, 3.8) is 0 Å². The number of carbonyl (C=O) groups is 1. The monoisotopic (exact) mass is 643 g/mol. The summed E-state index contributed by atoms with van der Waals surface area (Å²) < 4.78 is 0. The van der Waals surface area contributed by atoms with Crippen LogP contribution >= 0.6 is 0 Å². The minimum atomic E-state index is -0.720. The lowest BCUT2D eigenvalue weighted by Gasteiger charge is -2.33. The van der Waals surface area contributed by atoms with Gasteiger partial charge in [0.15, 0.2) is 0 Å². The Bertz CT molecular complexity index is 872. The van der Waals surface area contributed by atoms with Crippen molar-refractivity contribution < 1.29 is 15.0 Å². The van der Waals surface area contributed by atoms with Gasteiger partial charge in [-0.15, -0.1) is 0 Å². The standard InChI is InChI=1S/C43H78O3/c1-8-11-14-15-16-17-18-19-20-21-22-23-24-25-26-27-30-36(35-40(44)45)37-33-38(42(4,5)31-28-12-9-2)41(46)39(34-37)43(6,7)32-29-13-10-3/h33-34,36,46H,8-32,35H2,1-7H3,(H,44,45). The average molecular weight is 643 g/mol. The van der Waals surface area contributed by atoms with E-state index in [1.165, 1.54) is 122 Å². The molecule has 1 unspecified atom stereocenters. The molecule has 0 bridgehead atoms. The van der Waals surface area contributed by atoms with Gasteiger partial charge in [0, 0.05) is 11.1 Å². The largest absolute Gasteiger partial charge is 0.507 e. The molecular formula is C43H78O3. The van der Waals surface area contributed by atoms with Crippen molar-refractivity contribution in [2.75, 3.05) is 0 Å². The molecule has 268 valence electrons. The number of phenolic OH excluding ortho intramolecular Hbond substituents is 1. The van der Waals surface area contributed by atoms with Gasteiger partial charge in [0.1, 0.15) is 5.75 Å². The zero-order chi connectivity index (χ0) is 34.3. The molecule has 1 aromatic rings. The summed E-state index contributed by atoms with van der Waals surface area (Å²) in [5.41, 5.74) is 2.83. The van der Waals surface area contributed by atoms with Gasteiger partial charge in [-0.3, -0.25) is 4.79 Å². The van der Waals surface area contributed by atoms with E-state index in [-0.39, 0.29) is 23.2 Å². The predicted molar refractivity (Wildman–Crippen MR) is 202 cm³/mol. The molecule has 0 aliphatic heterocycles. The first-order valence-corrected chi connectivity index (χ1v) is 20.1. The molecule has 0 saturated heterocycles. The highest BCUT2D eigenvalue weighted by Crippen LogP contribution is 2.45. The Morgan fingerprint density at radius 1 is 0.565 bits per heavy atom. The fourth-order valence-corrected chi connectivity index (χ4v) is 7.36. The van der Waals surface area contributed by atoms with Crippen LogP contribution in [0.15, 0.2) is 12.1 Å². The summed E-state index contributed by atoms with van der Waals surface area (Å²) in [5, 5.41) is 21.7. The Morgan fingerprint density at radius 3 is 1.24 bits per heavy atom. The third kappa shape index (κ3) is 17.6. The number of carboxylic acids is 1. The van der Waals surface area contributed by atoms with Gasteiger partial charge < -0.3 is 10.2 Å². The third-order valence-corrected chi connectivity index (χ3v) is 10.7. The lowest BCUT2D eigenvalue weighted by Crippen LogP contribution is -2.23. The van der Waals surface area contributed by atoms with Crippen molar-refractivity contribution in [2.45, 2.75) is 232 Å². The molecule has 46 heavy (non-hydrogen) atoms. The minimum absolute atomic E-state index is 0.0138. The van der Waals surface area contributed by atoms with Crippen LogP contribution in [-0.4, -0.2) is 16.2 Å². The van der Waals surface area contributed by atoms with E-state index in [1.54, 1.807) is 0 Å². The summed E-state index contributed by atoms with van der Waals surface area (Å²) in [6, 6.07) is 4.37. The van der Waals surface area contributed by atoms with Gasteiger partial charge in [0.2, 0.25) is 0 Å². The van der Waals surface area contributed by atoms with E-state index in [2.05, 4.69) is 60.6 Å². The lowest BCUT2D eigenvalue weighted by molar-refractivity contribution is -0.137. The van der Waals surface area contributed by atoms with Crippen LogP contribution in [0, 0.1) is 0 Å². The van der Waals surface area contributed by atoms with Crippen molar-refractivity contribution >= 4 is 5.97 Å². The Kier molecular flexibility index (Phi) is 22.7. The number of rotatable bonds is 30. The number of unbranched alkanes of at least 4 members (excludes halogenated alkanes) is 19. The van der Waals surface area contributed by atoms with Crippen molar-refractivity contribution in [3.8, 4) is 5.75 Å². The molecule has 1 aromatic carbocycles. The van der Waals surface area contributed by atoms with Gasteiger partial charge in [-0.25, -0.2) is 0 Å². The molecular weight excluding hydrogens is 564 g/mol. The highest BCUT2D eigenvalue weighted by Gasteiger charge is 2.32. The maximum Gasteiger partial charge on any atom is 0.303 e. The van der Waals surface area contributed by atoms with Crippen LogP contribution < -0.4 is 0 Å². The Morgan fingerprint density at radius 2 is 0.891 bits per heavy atom. The highest BCUT2D eigenvalue weighted by molar-refractivity contribution is 5.68. The molecule has 3 nitrogen and oxygen atoms in total. The van der Waals surface area contributed by atoms with Crippen molar-refractivity contribution in [1.29, 1.82) is 0 Å². The highest BCUT2D eigenvalue weighted by atomic mass is 16.4.